The van der Waals surface area contributed by atoms with Crippen LogP contribution < -0.4 is 5.32 Å². The van der Waals surface area contributed by atoms with Crippen LogP contribution in [0.4, 0.5) is 0 Å². The van der Waals surface area contributed by atoms with Crippen molar-refractivity contribution in [3.8, 4) is 0 Å². The monoisotopic (exact) mass is 311 g/mol. The Balaban J connectivity index is 2.10. The van der Waals surface area contributed by atoms with E-state index in [4.69, 9.17) is 0 Å². The molecule has 4 heteroatoms. The molecule has 0 aliphatic heterocycles. The maximum atomic E-state index is 12.3. The van der Waals surface area contributed by atoms with Gasteiger partial charge in [-0.1, -0.05) is 50.2 Å². The van der Waals surface area contributed by atoms with Crippen molar-refractivity contribution in [2.45, 2.75) is 26.8 Å². The lowest BCUT2D eigenvalue weighted by atomic mass is 10.0. The molecule has 1 aromatic heterocycles. The third-order valence-electron chi connectivity index (χ3n) is 4.01. The fourth-order valence-corrected chi connectivity index (χ4v) is 2.75. The van der Waals surface area contributed by atoms with Gasteiger partial charge in [-0.25, -0.2) is 4.98 Å². The van der Waals surface area contributed by atoms with Gasteiger partial charge in [0.2, 0.25) is 0 Å². The maximum absolute atomic E-state index is 12.3. The van der Waals surface area contributed by atoms with E-state index in [1.807, 2.05) is 37.3 Å². The van der Waals surface area contributed by atoms with Gasteiger partial charge in [-0.3, -0.25) is 9.69 Å². The molecule has 2 aromatic rings. The molecule has 0 unspecified atom stereocenters. The van der Waals surface area contributed by atoms with Crippen LogP contribution in [0.3, 0.4) is 0 Å². The molecular weight excluding hydrogens is 286 g/mol. The van der Waals surface area contributed by atoms with E-state index >= 15 is 0 Å². The quantitative estimate of drug-likeness (QED) is 0.854. The fourth-order valence-electron chi connectivity index (χ4n) is 2.75. The van der Waals surface area contributed by atoms with Crippen LogP contribution in [0.5, 0.6) is 0 Å². The van der Waals surface area contributed by atoms with E-state index < -0.39 is 0 Å². The second kappa shape index (κ2) is 8.44. The van der Waals surface area contributed by atoms with E-state index in [0.717, 1.165) is 18.8 Å². The van der Waals surface area contributed by atoms with Gasteiger partial charge < -0.3 is 5.32 Å². The molecule has 0 fully saturated rings. The Hall–Kier alpha value is -2.20. The number of aromatic nitrogens is 1. The van der Waals surface area contributed by atoms with Crippen LogP contribution >= 0.6 is 0 Å². The highest BCUT2D eigenvalue weighted by Crippen LogP contribution is 2.19. The lowest BCUT2D eigenvalue weighted by molar-refractivity contribution is 0.0929. The summed E-state index contributed by atoms with van der Waals surface area (Å²) < 4.78 is 0. The highest BCUT2D eigenvalue weighted by atomic mass is 16.1. The molecule has 1 amide bonds. The highest BCUT2D eigenvalue weighted by Gasteiger charge is 2.19. The predicted molar refractivity (Wildman–Crippen MR) is 93.4 cm³/mol. The largest absolute Gasteiger partial charge is 0.349 e. The number of likely N-dealkylation sites (N-methyl/N-ethyl adjacent to an activating group) is 1. The Kier molecular flexibility index (Phi) is 6.29. The van der Waals surface area contributed by atoms with Gasteiger partial charge in [0, 0.05) is 12.2 Å². The van der Waals surface area contributed by atoms with E-state index in [-0.39, 0.29) is 11.9 Å². The summed E-state index contributed by atoms with van der Waals surface area (Å²) in [7, 11) is 0. The van der Waals surface area contributed by atoms with Crippen molar-refractivity contribution in [1.29, 1.82) is 0 Å². The van der Waals surface area contributed by atoms with Gasteiger partial charge in [0.05, 0.1) is 6.04 Å². The molecule has 1 heterocycles. The molecule has 0 saturated heterocycles. The summed E-state index contributed by atoms with van der Waals surface area (Å²) in [5.41, 5.74) is 2.53. The van der Waals surface area contributed by atoms with Crippen LogP contribution in [0.15, 0.2) is 48.5 Å². The minimum Gasteiger partial charge on any atom is -0.349 e. The summed E-state index contributed by atoms with van der Waals surface area (Å²) in [5, 5.41) is 3.03. The van der Waals surface area contributed by atoms with Gasteiger partial charge in [0.25, 0.3) is 5.91 Å². The number of carbonyl (C=O) groups excluding carboxylic acids is 1. The number of aryl methyl sites for hydroxylation is 1. The van der Waals surface area contributed by atoms with Crippen molar-refractivity contribution >= 4 is 5.91 Å². The van der Waals surface area contributed by atoms with Crippen LogP contribution in [0, 0.1) is 6.92 Å². The predicted octanol–water partition coefficient (Wildman–Crippen LogP) is 3.20. The van der Waals surface area contributed by atoms with Gasteiger partial charge in [-0.15, -0.1) is 0 Å². The Morgan fingerprint density at radius 3 is 2.39 bits per heavy atom. The first-order chi connectivity index (χ1) is 11.2. The minimum atomic E-state index is -0.123. The van der Waals surface area contributed by atoms with Crippen molar-refractivity contribution < 1.29 is 4.79 Å². The molecule has 0 aliphatic carbocycles. The molecule has 0 radical (unpaired) electrons. The Morgan fingerprint density at radius 2 is 1.78 bits per heavy atom. The maximum Gasteiger partial charge on any atom is 0.269 e. The number of carbonyl (C=O) groups is 1. The van der Waals surface area contributed by atoms with E-state index in [9.17, 15) is 4.79 Å². The number of nitrogens with zero attached hydrogens (tertiary/aromatic N) is 2. The van der Waals surface area contributed by atoms with Crippen LogP contribution in [-0.4, -0.2) is 35.4 Å². The van der Waals surface area contributed by atoms with Crippen molar-refractivity contribution in [3.63, 3.8) is 0 Å². The van der Waals surface area contributed by atoms with E-state index in [1.165, 1.54) is 5.56 Å². The Bertz CT molecular complexity index is 624. The van der Waals surface area contributed by atoms with Crippen molar-refractivity contribution in [1.82, 2.24) is 15.2 Å². The molecule has 1 aromatic carbocycles. The number of hydrogen-bond donors (Lipinski definition) is 1. The van der Waals surface area contributed by atoms with E-state index in [0.29, 0.717) is 12.2 Å². The molecular formula is C19H25N3O. The minimum absolute atomic E-state index is 0.123. The summed E-state index contributed by atoms with van der Waals surface area (Å²) in [4.78, 5) is 19.0. The van der Waals surface area contributed by atoms with Crippen molar-refractivity contribution in [2.75, 3.05) is 19.6 Å². The number of nitrogens with one attached hydrogen (secondary N) is 1. The number of hydrogen-bond acceptors (Lipinski definition) is 3. The third kappa shape index (κ3) is 4.63. The smallest absolute Gasteiger partial charge is 0.269 e. The zero-order chi connectivity index (χ0) is 16.7. The average molecular weight is 311 g/mol. The van der Waals surface area contributed by atoms with Crippen LogP contribution in [0.2, 0.25) is 0 Å². The Labute approximate surface area is 138 Å². The van der Waals surface area contributed by atoms with Crippen molar-refractivity contribution in [2.24, 2.45) is 0 Å². The molecule has 4 nitrogen and oxygen atoms in total. The van der Waals surface area contributed by atoms with Gasteiger partial charge in [0.15, 0.2) is 0 Å². The molecule has 1 N–H and O–H groups in total. The first kappa shape index (κ1) is 17.2. The van der Waals surface area contributed by atoms with E-state index in [2.05, 4.69) is 41.2 Å². The third-order valence-corrected chi connectivity index (χ3v) is 4.01. The zero-order valence-corrected chi connectivity index (χ0v) is 14.1. The van der Waals surface area contributed by atoms with Gasteiger partial charge in [0.1, 0.15) is 5.69 Å². The van der Waals surface area contributed by atoms with Crippen LogP contribution in [0.25, 0.3) is 0 Å². The average Bonchev–Trinajstić information content (AvgIpc) is 2.59. The summed E-state index contributed by atoms with van der Waals surface area (Å²) in [6.07, 6.45) is 0. The Morgan fingerprint density at radius 1 is 1.09 bits per heavy atom. The molecule has 122 valence electrons. The lowest BCUT2D eigenvalue weighted by Gasteiger charge is -2.30. The molecule has 1 atom stereocenters. The standard InChI is InChI=1S/C19H25N3O/c1-4-22(5-2)18(16-11-7-6-8-12-16)14-20-19(23)17-13-9-10-15(3)21-17/h6-13,18H,4-5,14H2,1-3H3,(H,20,23)/t18-/m1/s1. The normalized spacial score (nSPS) is 12.2. The van der Waals surface area contributed by atoms with Gasteiger partial charge in [-0.05, 0) is 37.7 Å². The number of amides is 1. The molecule has 2 rings (SSSR count). The molecule has 23 heavy (non-hydrogen) atoms. The van der Waals surface area contributed by atoms with E-state index in [1.54, 1.807) is 6.07 Å². The molecule has 0 aliphatic rings. The topological polar surface area (TPSA) is 45.2 Å². The summed E-state index contributed by atoms with van der Waals surface area (Å²) in [6.45, 7) is 8.62. The van der Waals surface area contributed by atoms with Crippen LogP contribution in [0.1, 0.15) is 41.6 Å². The SMILES string of the molecule is CCN(CC)[C@H](CNC(=O)c1cccc(C)n1)c1ccccc1. The first-order valence-corrected chi connectivity index (χ1v) is 8.16. The zero-order valence-electron chi connectivity index (χ0n) is 14.1. The van der Waals surface area contributed by atoms with Gasteiger partial charge >= 0.3 is 0 Å². The number of rotatable bonds is 7. The summed E-state index contributed by atoms with van der Waals surface area (Å²) >= 11 is 0. The van der Waals surface area contributed by atoms with Crippen LogP contribution in [-0.2, 0) is 0 Å². The second-order valence-corrected chi connectivity index (χ2v) is 5.52. The molecule has 0 saturated carbocycles. The number of pyridine rings is 1. The number of benzene rings is 1. The molecule has 0 spiro atoms. The first-order valence-electron chi connectivity index (χ1n) is 8.16. The summed E-state index contributed by atoms with van der Waals surface area (Å²) in [5.74, 6) is -0.123. The fraction of sp³-hybridized carbons (Fsp3) is 0.368. The van der Waals surface area contributed by atoms with Gasteiger partial charge in [-0.2, -0.15) is 0 Å². The highest BCUT2D eigenvalue weighted by molar-refractivity contribution is 5.92. The second-order valence-electron chi connectivity index (χ2n) is 5.52. The summed E-state index contributed by atoms with van der Waals surface area (Å²) in [6, 6.07) is 16.0. The van der Waals surface area contributed by atoms with Crippen molar-refractivity contribution in [3.05, 3.63) is 65.5 Å². The lowest BCUT2D eigenvalue weighted by Crippen LogP contribution is -2.38. The molecule has 0 bridgehead atoms.